The first kappa shape index (κ1) is 17.7. The highest BCUT2D eigenvalue weighted by molar-refractivity contribution is 5.14. The Kier molecular flexibility index (Phi) is 5.71. The van der Waals surface area contributed by atoms with E-state index in [1.54, 1.807) is 0 Å². The van der Waals surface area contributed by atoms with Gasteiger partial charge in [0.15, 0.2) is 0 Å². The molecular weight excluding hydrogens is 322 g/mol. The predicted octanol–water partition coefficient (Wildman–Crippen LogP) is 4.31. The summed E-state index contributed by atoms with van der Waals surface area (Å²) in [4.78, 5) is 7.34. The van der Waals surface area contributed by atoms with E-state index in [9.17, 15) is 0 Å². The Bertz CT molecular complexity index is 683. The van der Waals surface area contributed by atoms with E-state index in [-0.39, 0.29) is 6.10 Å². The van der Waals surface area contributed by atoms with Crippen molar-refractivity contribution in [3.05, 3.63) is 53.6 Å². The molecule has 1 aromatic carbocycles. The second-order valence-corrected chi connectivity index (χ2v) is 7.79. The standard InChI is InChI=1S/C22H31N3O/c1-18-17-23-22(21-10-6-16-26-21)25(18)20-11-14-24(15-12-20)13-5-9-19-7-3-2-4-8-19/h2-4,7-8,17,20-21H,5-6,9-16H2,1H3. The van der Waals surface area contributed by atoms with Crippen molar-refractivity contribution >= 4 is 0 Å². The van der Waals surface area contributed by atoms with Gasteiger partial charge in [0.25, 0.3) is 0 Å². The number of ether oxygens (including phenoxy) is 1. The molecule has 26 heavy (non-hydrogen) atoms. The van der Waals surface area contributed by atoms with Gasteiger partial charge in [0, 0.05) is 37.6 Å². The number of hydrogen-bond donors (Lipinski definition) is 0. The van der Waals surface area contributed by atoms with Crippen LogP contribution in [0.2, 0.25) is 0 Å². The molecule has 0 N–H and O–H groups in total. The maximum absolute atomic E-state index is 5.91. The number of imidazole rings is 1. The van der Waals surface area contributed by atoms with E-state index in [1.165, 1.54) is 62.4 Å². The van der Waals surface area contributed by atoms with Crippen molar-refractivity contribution in [2.75, 3.05) is 26.2 Å². The lowest BCUT2D eigenvalue weighted by molar-refractivity contribution is 0.0963. The van der Waals surface area contributed by atoms with Crippen molar-refractivity contribution in [3.8, 4) is 0 Å². The van der Waals surface area contributed by atoms with Gasteiger partial charge in [0.2, 0.25) is 0 Å². The maximum Gasteiger partial charge on any atom is 0.138 e. The molecule has 4 nitrogen and oxygen atoms in total. The van der Waals surface area contributed by atoms with Crippen molar-refractivity contribution in [3.63, 3.8) is 0 Å². The summed E-state index contributed by atoms with van der Waals surface area (Å²) in [6, 6.07) is 11.4. The van der Waals surface area contributed by atoms with Crippen molar-refractivity contribution in [2.45, 2.75) is 57.6 Å². The van der Waals surface area contributed by atoms with Crippen molar-refractivity contribution in [2.24, 2.45) is 0 Å². The normalized spacial score (nSPS) is 22.1. The maximum atomic E-state index is 5.91. The van der Waals surface area contributed by atoms with Gasteiger partial charge in [-0.25, -0.2) is 4.98 Å². The lowest BCUT2D eigenvalue weighted by atomic mass is 10.0. The summed E-state index contributed by atoms with van der Waals surface area (Å²) >= 11 is 0. The molecule has 2 fully saturated rings. The van der Waals surface area contributed by atoms with E-state index in [4.69, 9.17) is 9.72 Å². The fourth-order valence-electron chi connectivity index (χ4n) is 4.51. The zero-order valence-corrected chi connectivity index (χ0v) is 15.9. The summed E-state index contributed by atoms with van der Waals surface area (Å²) in [7, 11) is 0. The molecule has 2 aliphatic heterocycles. The number of benzene rings is 1. The van der Waals surface area contributed by atoms with Gasteiger partial charge in [-0.15, -0.1) is 0 Å². The second-order valence-electron chi connectivity index (χ2n) is 7.79. The smallest absolute Gasteiger partial charge is 0.138 e. The number of piperidine rings is 1. The summed E-state index contributed by atoms with van der Waals surface area (Å²) in [5.74, 6) is 1.17. The minimum atomic E-state index is 0.215. The number of hydrogen-bond acceptors (Lipinski definition) is 3. The average Bonchev–Trinajstić information content (AvgIpc) is 3.33. The van der Waals surface area contributed by atoms with Crippen LogP contribution in [0.4, 0.5) is 0 Å². The van der Waals surface area contributed by atoms with E-state index in [0.717, 1.165) is 19.4 Å². The fraction of sp³-hybridized carbons (Fsp3) is 0.591. The van der Waals surface area contributed by atoms with E-state index in [0.29, 0.717) is 6.04 Å². The Balaban J connectivity index is 1.29. The minimum absolute atomic E-state index is 0.215. The van der Waals surface area contributed by atoms with Crippen LogP contribution in [0.25, 0.3) is 0 Å². The first-order valence-corrected chi connectivity index (χ1v) is 10.2. The SMILES string of the molecule is Cc1cnc(C2CCCO2)n1C1CCN(CCCc2ccccc2)CC1. The summed E-state index contributed by atoms with van der Waals surface area (Å²) in [5, 5.41) is 0. The highest BCUT2D eigenvalue weighted by Crippen LogP contribution is 2.33. The molecule has 1 atom stereocenters. The number of nitrogens with zero attached hydrogens (tertiary/aromatic N) is 3. The summed E-state index contributed by atoms with van der Waals surface area (Å²) < 4.78 is 8.39. The lowest BCUT2D eigenvalue weighted by Gasteiger charge is -2.34. The molecule has 0 aliphatic carbocycles. The van der Waals surface area contributed by atoms with Crippen LogP contribution in [-0.4, -0.2) is 40.7 Å². The molecule has 4 heteroatoms. The van der Waals surface area contributed by atoms with E-state index < -0.39 is 0 Å². The summed E-state index contributed by atoms with van der Waals surface area (Å²) in [6.45, 7) is 6.68. The average molecular weight is 354 g/mol. The van der Waals surface area contributed by atoms with Crippen LogP contribution in [-0.2, 0) is 11.2 Å². The zero-order chi connectivity index (χ0) is 17.8. The Morgan fingerprint density at radius 1 is 1.12 bits per heavy atom. The largest absolute Gasteiger partial charge is 0.370 e. The zero-order valence-electron chi connectivity index (χ0n) is 15.9. The predicted molar refractivity (Wildman–Crippen MR) is 104 cm³/mol. The van der Waals surface area contributed by atoms with Crippen LogP contribution >= 0.6 is 0 Å². The third-order valence-electron chi connectivity index (χ3n) is 5.93. The molecule has 2 saturated heterocycles. The minimum Gasteiger partial charge on any atom is -0.370 e. The van der Waals surface area contributed by atoms with Crippen molar-refractivity contribution in [1.29, 1.82) is 0 Å². The number of likely N-dealkylation sites (tertiary alicyclic amines) is 1. The third kappa shape index (κ3) is 4.02. The van der Waals surface area contributed by atoms with Gasteiger partial charge >= 0.3 is 0 Å². The molecule has 3 heterocycles. The Morgan fingerprint density at radius 3 is 2.65 bits per heavy atom. The van der Waals surface area contributed by atoms with Crippen LogP contribution in [0.5, 0.6) is 0 Å². The van der Waals surface area contributed by atoms with E-state index in [1.807, 2.05) is 6.20 Å². The topological polar surface area (TPSA) is 30.3 Å². The highest BCUT2D eigenvalue weighted by Gasteiger charge is 2.28. The summed E-state index contributed by atoms with van der Waals surface area (Å²) in [5.41, 5.74) is 2.75. The highest BCUT2D eigenvalue weighted by atomic mass is 16.5. The van der Waals surface area contributed by atoms with Gasteiger partial charge in [0.05, 0.1) is 0 Å². The number of rotatable bonds is 6. The molecule has 0 spiro atoms. The first-order chi connectivity index (χ1) is 12.8. The van der Waals surface area contributed by atoms with Crippen LogP contribution < -0.4 is 0 Å². The molecule has 1 aromatic heterocycles. The monoisotopic (exact) mass is 353 g/mol. The van der Waals surface area contributed by atoms with Crippen LogP contribution in [0, 0.1) is 6.92 Å². The van der Waals surface area contributed by atoms with Crippen LogP contribution in [0.15, 0.2) is 36.5 Å². The lowest BCUT2D eigenvalue weighted by Crippen LogP contribution is -2.36. The van der Waals surface area contributed by atoms with Gasteiger partial charge < -0.3 is 14.2 Å². The van der Waals surface area contributed by atoms with Crippen LogP contribution in [0.3, 0.4) is 0 Å². The van der Waals surface area contributed by atoms with Gasteiger partial charge in [-0.3, -0.25) is 0 Å². The van der Waals surface area contributed by atoms with Gasteiger partial charge in [0.1, 0.15) is 11.9 Å². The Hall–Kier alpha value is -1.65. The van der Waals surface area contributed by atoms with Crippen molar-refractivity contribution < 1.29 is 4.74 Å². The molecule has 4 rings (SSSR count). The molecule has 0 amide bonds. The summed E-state index contributed by atoms with van der Waals surface area (Å²) in [6.07, 6.45) is 9.41. The second kappa shape index (κ2) is 8.36. The Morgan fingerprint density at radius 2 is 1.92 bits per heavy atom. The van der Waals surface area contributed by atoms with E-state index >= 15 is 0 Å². The van der Waals surface area contributed by atoms with Gasteiger partial charge in [-0.1, -0.05) is 30.3 Å². The fourth-order valence-corrected chi connectivity index (χ4v) is 4.51. The molecule has 0 bridgehead atoms. The van der Waals surface area contributed by atoms with Gasteiger partial charge in [-0.05, 0) is 57.6 Å². The molecule has 2 aliphatic rings. The molecule has 0 radical (unpaired) electrons. The van der Waals surface area contributed by atoms with E-state index in [2.05, 4.69) is 46.7 Å². The van der Waals surface area contributed by atoms with Gasteiger partial charge in [-0.2, -0.15) is 0 Å². The molecular formula is C22H31N3O. The quantitative estimate of drug-likeness (QED) is 0.775. The number of aryl methyl sites for hydroxylation is 2. The first-order valence-electron chi connectivity index (χ1n) is 10.2. The van der Waals surface area contributed by atoms with Crippen LogP contribution in [0.1, 0.15) is 61.3 Å². The molecule has 1 unspecified atom stereocenters. The number of aromatic nitrogens is 2. The van der Waals surface area contributed by atoms with Crippen molar-refractivity contribution in [1.82, 2.24) is 14.5 Å². The molecule has 2 aromatic rings. The molecule has 0 saturated carbocycles. The Labute approximate surface area is 157 Å². The molecule has 140 valence electrons. The third-order valence-corrected chi connectivity index (χ3v) is 5.93.